The first-order chi connectivity index (χ1) is 13.5. The number of ether oxygens (including phenoxy) is 2. The smallest absolute Gasteiger partial charge is 0.310 e. The van der Waals surface area contributed by atoms with Crippen LogP contribution in [0, 0.1) is 5.92 Å². The second-order valence-electron chi connectivity index (χ2n) is 6.43. The van der Waals surface area contributed by atoms with Crippen LogP contribution in [0.1, 0.15) is 25.0 Å². The highest BCUT2D eigenvalue weighted by molar-refractivity contribution is 6.24. The molecule has 5 heteroatoms. The Kier molecular flexibility index (Phi) is 7.81. The number of nitrogens with zero attached hydrogens (tertiary/aromatic N) is 1. The van der Waals surface area contributed by atoms with Gasteiger partial charge in [-0.3, -0.25) is 9.59 Å². The van der Waals surface area contributed by atoms with Crippen LogP contribution in [0.4, 0.5) is 0 Å². The number of para-hydroxylation sites is 1. The van der Waals surface area contributed by atoms with Crippen LogP contribution in [0.15, 0.2) is 54.6 Å². The van der Waals surface area contributed by atoms with Gasteiger partial charge in [-0.2, -0.15) is 0 Å². The minimum absolute atomic E-state index is 0.143. The Morgan fingerprint density at radius 3 is 2.29 bits per heavy atom. The molecule has 0 heterocycles. The maximum atomic E-state index is 13.4. The van der Waals surface area contributed by atoms with Gasteiger partial charge in [0.2, 0.25) is 0 Å². The number of carbonyl (C=O) groups is 2. The zero-order valence-electron chi connectivity index (χ0n) is 16.8. The van der Waals surface area contributed by atoms with Gasteiger partial charge in [-0.15, -0.1) is 0 Å². The molecule has 0 aliphatic heterocycles. The van der Waals surface area contributed by atoms with Crippen LogP contribution in [-0.4, -0.2) is 44.1 Å². The Labute approximate surface area is 166 Å². The van der Waals surface area contributed by atoms with Gasteiger partial charge in [0.05, 0.1) is 20.1 Å². The molecule has 0 N–H and O–H groups in total. The number of carbonyl (C=O) groups excluding carboxylic acids is 2. The standard InChI is InChI=1S/C23H27NO4/c1-5-24(16-17(2)23(26)28-4)22(25)20(18-11-7-6-8-12-18)15-19-13-9-10-14-21(19)27-3/h6-15,17H,5,16H2,1-4H3/b20-15+. The molecule has 0 aromatic heterocycles. The summed E-state index contributed by atoms with van der Waals surface area (Å²) in [5, 5.41) is 0. The fourth-order valence-corrected chi connectivity index (χ4v) is 2.96. The molecule has 1 atom stereocenters. The van der Waals surface area contributed by atoms with Gasteiger partial charge in [-0.25, -0.2) is 0 Å². The number of esters is 1. The third kappa shape index (κ3) is 5.22. The van der Waals surface area contributed by atoms with Crippen molar-refractivity contribution in [1.29, 1.82) is 0 Å². The summed E-state index contributed by atoms with van der Waals surface area (Å²) in [4.78, 5) is 26.9. The third-order valence-electron chi connectivity index (χ3n) is 4.52. The fourth-order valence-electron chi connectivity index (χ4n) is 2.96. The lowest BCUT2D eigenvalue weighted by Gasteiger charge is -2.25. The molecular weight excluding hydrogens is 354 g/mol. The molecule has 0 bridgehead atoms. The Balaban J connectivity index is 2.45. The fraction of sp³-hybridized carbons (Fsp3) is 0.304. The van der Waals surface area contributed by atoms with Gasteiger partial charge in [0, 0.05) is 24.2 Å². The molecule has 5 nitrogen and oxygen atoms in total. The lowest BCUT2D eigenvalue weighted by atomic mass is 10.00. The van der Waals surface area contributed by atoms with E-state index in [-0.39, 0.29) is 18.4 Å². The molecular formula is C23H27NO4. The number of methoxy groups -OCH3 is 2. The maximum absolute atomic E-state index is 13.4. The minimum Gasteiger partial charge on any atom is -0.496 e. The largest absolute Gasteiger partial charge is 0.496 e. The zero-order valence-corrected chi connectivity index (χ0v) is 16.8. The summed E-state index contributed by atoms with van der Waals surface area (Å²) in [6.45, 7) is 4.43. The normalized spacial score (nSPS) is 12.2. The van der Waals surface area contributed by atoms with Crippen molar-refractivity contribution in [2.24, 2.45) is 5.92 Å². The Hall–Kier alpha value is -3.08. The van der Waals surface area contributed by atoms with E-state index in [9.17, 15) is 9.59 Å². The van der Waals surface area contributed by atoms with Crippen LogP contribution >= 0.6 is 0 Å². The highest BCUT2D eigenvalue weighted by Crippen LogP contribution is 2.26. The molecule has 2 aromatic carbocycles. The second kappa shape index (κ2) is 10.3. The predicted octanol–water partition coefficient (Wildman–Crippen LogP) is 3.89. The second-order valence-corrected chi connectivity index (χ2v) is 6.43. The van der Waals surface area contributed by atoms with Gasteiger partial charge in [0.25, 0.3) is 5.91 Å². The van der Waals surface area contributed by atoms with Gasteiger partial charge in [0.1, 0.15) is 5.75 Å². The molecule has 0 radical (unpaired) electrons. The number of hydrogen-bond donors (Lipinski definition) is 0. The molecule has 2 aromatic rings. The van der Waals surface area contributed by atoms with Crippen molar-refractivity contribution in [3.05, 3.63) is 65.7 Å². The van der Waals surface area contributed by atoms with Gasteiger partial charge >= 0.3 is 5.97 Å². The van der Waals surface area contributed by atoms with Gasteiger partial charge in [-0.1, -0.05) is 55.5 Å². The summed E-state index contributed by atoms with van der Waals surface area (Å²) in [7, 11) is 2.96. The van der Waals surface area contributed by atoms with Gasteiger partial charge < -0.3 is 14.4 Å². The van der Waals surface area contributed by atoms with Crippen LogP contribution in [-0.2, 0) is 14.3 Å². The Bertz CT molecular complexity index is 830. The maximum Gasteiger partial charge on any atom is 0.310 e. The molecule has 0 aliphatic carbocycles. The highest BCUT2D eigenvalue weighted by atomic mass is 16.5. The van der Waals surface area contributed by atoms with Crippen LogP contribution in [0.2, 0.25) is 0 Å². The summed E-state index contributed by atoms with van der Waals surface area (Å²) < 4.78 is 10.2. The molecule has 1 amide bonds. The van der Waals surface area contributed by atoms with Crippen LogP contribution in [0.3, 0.4) is 0 Å². The van der Waals surface area contributed by atoms with Crippen LogP contribution in [0.25, 0.3) is 11.6 Å². The molecule has 0 fully saturated rings. The van der Waals surface area contributed by atoms with E-state index in [1.165, 1.54) is 7.11 Å². The van der Waals surface area contributed by atoms with Crippen molar-refractivity contribution in [3.63, 3.8) is 0 Å². The minimum atomic E-state index is -0.405. The summed E-state index contributed by atoms with van der Waals surface area (Å²) in [5.74, 6) is -0.191. The lowest BCUT2D eigenvalue weighted by molar-refractivity contribution is -0.145. The first-order valence-electron chi connectivity index (χ1n) is 9.29. The van der Waals surface area contributed by atoms with Crippen molar-refractivity contribution in [2.75, 3.05) is 27.3 Å². The third-order valence-corrected chi connectivity index (χ3v) is 4.52. The lowest BCUT2D eigenvalue weighted by Crippen LogP contribution is -2.37. The van der Waals surface area contributed by atoms with Crippen LogP contribution in [0.5, 0.6) is 5.75 Å². The molecule has 1 unspecified atom stereocenters. The van der Waals surface area contributed by atoms with E-state index >= 15 is 0 Å². The Morgan fingerprint density at radius 2 is 1.68 bits per heavy atom. The van der Waals surface area contributed by atoms with Crippen molar-refractivity contribution in [2.45, 2.75) is 13.8 Å². The van der Waals surface area contributed by atoms with Crippen molar-refractivity contribution in [1.82, 2.24) is 4.90 Å². The van der Waals surface area contributed by atoms with E-state index in [4.69, 9.17) is 9.47 Å². The number of benzene rings is 2. The molecule has 0 spiro atoms. The summed E-state index contributed by atoms with van der Waals surface area (Å²) in [5.41, 5.74) is 2.17. The summed E-state index contributed by atoms with van der Waals surface area (Å²) >= 11 is 0. The zero-order chi connectivity index (χ0) is 20.5. The average molecular weight is 381 g/mol. The topological polar surface area (TPSA) is 55.8 Å². The quantitative estimate of drug-likeness (QED) is 0.395. The van der Waals surface area contributed by atoms with E-state index in [0.29, 0.717) is 17.9 Å². The first kappa shape index (κ1) is 21.2. The summed E-state index contributed by atoms with van der Waals surface area (Å²) in [6.07, 6.45) is 1.84. The molecule has 28 heavy (non-hydrogen) atoms. The Morgan fingerprint density at radius 1 is 1.04 bits per heavy atom. The van der Waals surface area contributed by atoms with E-state index in [1.54, 1.807) is 18.9 Å². The summed E-state index contributed by atoms with van der Waals surface area (Å²) in [6, 6.07) is 17.0. The molecule has 2 rings (SSSR count). The van der Waals surface area contributed by atoms with Gasteiger partial charge in [0.15, 0.2) is 0 Å². The van der Waals surface area contributed by atoms with Crippen LogP contribution < -0.4 is 4.74 Å². The molecule has 0 saturated heterocycles. The van der Waals surface area contributed by atoms with E-state index in [1.807, 2.05) is 67.6 Å². The number of amides is 1. The SMILES string of the molecule is CCN(CC(C)C(=O)OC)C(=O)/C(=C/c1ccccc1OC)c1ccccc1. The monoisotopic (exact) mass is 381 g/mol. The number of rotatable bonds is 8. The first-order valence-corrected chi connectivity index (χ1v) is 9.29. The van der Waals surface area contributed by atoms with E-state index in [0.717, 1.165) is 11.1 Å². The highest BCUT2D eigenvalue weighted by Gasteiger charge is 2.24. The van der Waals surface area contributed by atoms with Crippen molar-refractivity contribution in [3.8, 4) is 5.75 Å². The number of hydrogen-bond acceptors (Lipinski definition) is 4. The average Bonchev–Trinajstić information content (AvgIpc) is 2.75. The van der Waals surface area contributed by atoms with Crippen molar-refractivity contribution >= 4 is 23.5 Å². The van der Waals surface area contributed by atoms with Gasteiger partial charge in [-0.05, 0) is 24.6 Å². The molecule has 0 aliphatic rings. The number of likely N-dealkylation sites (N-methyl/N-ethyl adjacent to an activating group) is 1. The molecule has 0 saturated carbocycles. The van der Waals surface area contributed by atoms with E-state index < -0.39 is 5.92 Å². The van der Waals surface area contributed by atoms with E-state index in [2.05, 4.69) is 0 Å². The van der Waals surface area contributed by atoms with Crippen molar-refractivity contribution < 1.29 is 19.1 Å². The molecule has 148 valence electrons. The predicted molar refractivity (Wildman–Crippen MR) is 111 cm³/mol.